The topological polar surface area (TPSA) is 76.7 Å². The fourth-order valence-electron chi connectivity index (χ4n) is 3.70. The highest BCUT2D eigenvalue weighted by Crippen LogP contribution is 2.32. The quantitative estimate of drug-likeness (QED) is 0.285. The molecule has 0 atom stereocenters. The monoisotopic (exact) mass is 484 g/mol. The van der Waals surface area contributed by atoms with Crippen molar-refractivity contribution in [3.8, 4) is 5.75 Å². The summed E-state index contributed by atoms with van der Waals surface area (Å²) in [5.74, 6) is -0.884. The molecule has 0 saturated heterocycles. The van der Waals surface area contributed by atoms with Crippen LogP contribution in [0, 0.1) is 12.7 Å². The Labute approximate surface area is 208 Å². The summed E-state index contributed by atoms with van der Waals surface area (Å²) in [6, 6.07) is 27.8. The average molecular weight is 485 g/mol. The molecule has 0 heterocycles. The number of aryl methyl sites for hydroxylation is 1. The number of carbonyl (C=O) groups excluding carboxylic acids is 2. The van der Waals surface area contributed by atoms with Crippen LogP contribution in [0.2, 0.25) is 0 Å². The van der Waals surface area contributed by atoms with Gasteiger partial charge in [0, 0.05) is 5.69 Å². The van der Waals surface area contributed by atoms with Crippen LogP contribution in [-0.4, -0.2) is 19.1 Å². The van der Waals surface area contributed by atoms with Gasteiger partial charge in [0.15, 0.2) is 0 Å². The van der Waals surface area contributed by atoms with Crippen LogP contribution in [0.1, 0.15) is 33.2 Å². The van der Waals surface area contributed by atoms with Crippen LogP contribution < -0.4 is 15.4 Å². The smallest absolute Gasteiger partial charge is 0.341 e. The third-order valence-corrected chi connectivity index (χ3v) is 5.46. The van der Waals surface area contributed by atoms with Gasteiger partial charge < -0.3 is 20.1 Å². The minimum Gasteiger partial charge on any atom is -0.480 e. The number of hydrogen-bond acceptors (Lipinski definition) is 4. The second kappa shape index (κ2) is 11.2. The summed E-state index contributed by atoms with van der Waals surface area (Å²) >= 11 is 0. The van der Waals surface area contributed by atoms with Crippen LogP contribution in [-0.2, 0) is 4.74 Å². The molecule has 0 bridgehead atoms. The van der Waals surface area contributed by atoms with Crippen LogP contribution in [0.4, 0.5) is 20.6 Å². The maximum Gasteiger partial charge on any atom is 0.341 e. The lowest BCUT2D eigenvalue weighted by Gasteiger charge is -2.22. The lowest BCUT2D eigenvalue weighted by atomic mass is 10.0. The van der Waals surface area contributed by atoms with Crippen LogP contribution >= 0.6 is 0 Å². The Balaban J connectivity index is 1.60. The molecular formula is C29H25FN2O4. The van der Waals surface area contributed by atoms with Crippen LogP contribution in [0.25, 0.3) is 0 Å². The van der Waals surface area contributed by atoms with Gasteiger partial charge in [0.1, 0.15) is 23.2 Å². The minimum absolute atomic E-state index is 0.0415. The first-order chi connectivity index (χ1) is 17.4. The second-order valence-electron chi connectivity index (χ2n) is 8.08. The molecule has 4 rings (SSSR count). The molecule has 0 radical (unpaired) electrons. The molecule has 4 aromatic rings. The van der Waals surface area contributed by atoms with E-state index in [0.717, 1.165) is 16.7 Å². The first-order valence-corrected chi connectivity index (χ1v) is 11.3. The van der Waals surface area contributed by atoms with Crippen molar-refractivity contribution in [2.75, 3.05) is 17.7 Å². The number of halogens is 1. The van der Waals surface area contributed by atoms with E-state index < -0.39 is 23.9 Å². The van der Waals surface area contributed by atoms with Crippen molar-refractivity contribution in [2.24, 2.45) is 0 Å². The van der Waals surface area contributed by atoms with E-state index in [-0.39, 0.29) is 17.0 Å². The number of methoxy groups -OCH3 is 1. The van der Waals surface area contributed by atoms with E-state index in [1.54, 1.807) is 25.1 Å². The first kappa shape index (κ1) is 24.5. The van der Waals surface area contributed by atoms with Gasteiger partial charge in [0.05, 0.1) is 12.8 Å². The van der Waals surface area contributed by atoms with E-state index in [4.69, 9.17) is 9.47 Å². The Morgan fingerprint density at radius 2 is 1.44 bits per heavy atom. The molecule has 0 aliphatic carbocycles. The summed E-state index contributed by atoms with van der Waals surface area (Å²) in [6.45, 7) is 1.76. The number of rotatable bonds is 7. The Morgan fingerprint density at radius 3 is 2.03 bits per heavy atom. The summed E-state index contributed by atoms with van der Waals surface area (Å²) in [6.07, 6.45) is -0.484. The van der Waals surface area contributed by atoms with E-state index >= 15 is 0 Å². The van der Waals surface area contributed by atoms with Gasteiger partial charge in [0.25, 0.3) is 0 Å². The molecule has 4 aromatic carbocycles. The zero-order chi connectivity index (χ0) is 25.5. The highest BCUT2D eigenvalue weighted by Gasteiger charge is 2.21. The van der Waals surface area contributed by atoms with E-state index in [2.05, 4.69) is 10.6 Å². The van der Waals surface area contributed by atoms with Gasteiger partial charge in [-0.2, -0.15) is 0 Å². The lowest BCUT2D eigenvalue weighted by Crippen LogP contribution is -2.20. The van der Waals surface area contributed by atoms with Gasteiger partial charge in [0.2, 0.25) is 0 Å². The third-order valence-electron chi connectivity index (χ3n) is 5.46. The number of ether oxygens (including phenoxy) is 2. The Hall–Kier alpha value is -4.65. The molecule has 0 spiro atoms. The number of anilines is 2. The Kier molecular flexibility index (Phi) is 7.60. The van der Waals surface area contributed by atoms with E-state index in [1.165, 1.54) is 25.3 Å². The predicted molar refractivity (Wildman–Crippen MR) is 137 cm³/mol. The fraction of sp³-hybridized carbons (Fsp3) is 0.103. The Morgan fingerprint density at radius 1 is 0.806 bits per heavy atom. The summed E-state index contributed by atoms with van der Waals surface area (Å²) in [5.41, 5.74) is 3.03. The number of amides is 2. The predicted octanol–water partition coefficient (Wildman–Crippen LogP) is 6.73. The van der Waals surface area contributed by atoms with Crippen molar-refractivity contribution in [1.29, 1.82) is 0 Å². The Bertz CT molecular complexity index is 1320. The number of nitrogens with one attached hydrogen (secondary N) is 2. The van der Waals surface area contributed by atoms with Crippen molar-refractivity contribution in [3.05, 3.63) is 125 Å². The van der Waals surface area contributed by atoms with E-state index in [9.17, 15) is 14.0 Å². The summed E-state index contributed by atoms with van der Waals surface area (Å²) in [7, 11) is 1.27. The van der Waals surface area contributed by atoms with Gasteiger partial charge in [-0.25, -0.2) is 14.0 Å². The molecule has 2 N–H and O–H groups in total. The molecule has 0 unspecified atom stereocenters. The van der Waals surface area contributed by atoms with Crippen molar-refractivity contribution in [3.63, 3.8) is 0 Å². The van der Waals surface area contributed by atoms with Gasteiger partial charge in [-0.05, 0) is 53.9 Å². The van der Waals surface area contributed by atoms with Crippen LogP contribution in [0.15, 0.2) is 97.1 Å². The molecule has 0 aliphatic heterocycles. The second-order valence-corrected chi connectivity index (χ2v) is 8.08. The van der Waals surface area contributed by atoms with Crippen molar-refractivity contribution >= 4 is 23.4 Å². The van der Waals surface area contributed by atoms with Crippen molar-refractivity contribution < 1.29 is 23.5 Å². The molecule has 36 heavy (non-hydrogen) atoms. The number of urea groups is 1. The van der Waals surface area contributed by atoms with E-state index in [0.29, 0.717) is 5.69 Å². The molecule has 0 aliphatic rings. The maximum absolute atomic E-state index is 14.1. The SMILES string of the molecule is COC(=O)c1cc(NC(=O)Nc2ccc(C)cc2F)ccc1OC(c1ccccc1)c1ccccc1. The number of esters is 1. The summed E-state index contributed by atoms with van der Waals surface area (Å²) in [4.78, 5) is 25.1. The molecule has 0 aromatic heterocycles. The average Bonchev–Trinajstić information content (AvgIpc) is 2.90. The number of hydrogen-bond donors (Lipinski definition) is 2. The summed E-state index contributed by atoms with van der Waals surface area (Å²) < 4.78 is 25.4. The van der Waals surface area contributed by atoms with Gasteiger partial charge in [-0.3, -0.25) is 0 Å². The lowest BCUT2D eigenvalue weighted by molar-refractivity contribution is 0.0594. The maximum atomic E-state index is 14.1. The normalized spacial score (nSPS) is 10.6. The molecule has 7 heteroatoms. The van der Waals surface area contributed by atoms with Crippen molar-refractivity contribution in [2.45, 2.75) is 13.0 Å². The zero-order valence-corrected chi connectivity index (χ0v) is 19.8. The molecule has 6 nitrogen and oxygen atoms in total. The molecule has 0 fully saturated rings. The van der Waals surface area contributed by atoms with E-state index in [1.807, 2.05) is 60.7 Å². The molecule has 182 valence electrons. The molecule has 2 amide bonds. The fourth-order valence-corrected chi connectivity index (χ4v) is 3.70. The largest absolute Gasteiger partial charge is 0.480 e. The van der Waals surface area contributed by atoms with Gasteiger partial charge in [-0.1, -0.05) is 66.7 Å². The molecule has 0 saturated carbocycles. The van der Waals surface area contributed by atoms with Crippen LogP contribution in [0.3, 0.4) is 0 Å². The number of carbonyl (C=O) groups is 2. The number of benzene rings is 4. The zero-order valence-electron chi connectivity index (χ0n) is 19.8. The van der Waals surface area contributed by atoms with Crippen molar-refractivity contribution in [1.82, 2.24) is 0 Å². The minimum atomic E-state index is -0.659. The highest BCUT2D eigenvalue weighted by atomic mass is 19.1. The standard InChI is InChI=1S/C29H25FN2O4/c1-19-13-15-25(24(30)17-19)32-29(34)31-22-14-16-26(23(18-22)28(33)35-2)36-27(20-9-5-3-6-10-20)21-11-7-4-8-12-21/h3-18,27H,1-2H3,(H2,31,32,34). The van der Waals surface area contributed by atoms with Gasteiger partial charge >= 0.3 is 12.0 Å². The summed E-state index contributed by atoms with van der Waals surface area (Å²) in [5, 5.41) is 5.08. The van der Waals surface area contributed by atoms with Crippen LogP contribution in [0.5, 0.6) is 5.75 Å². The third kappa shape index (κ3) is 5.88. The first-order valence-electron chi connectivity index (χ1n) is 11.3. The van der Waals surface area contributed by atoms with Gasteiger partial charge in [-0.15, -0.1) is 0 Å². The highest BCUT2D eigenvalue weighted by molar-refractivity contribution is 6.01. The molecular weight excluding hydrogens is 459 g/mol.